The molecule has 0 amide bonds. The minimum absolute atomic E-state index is 0.404. The van der Waals surface area contributed by atoms with Gasteiger partial charge in [0.1, 0.15) is 5.75 Å². The number of rotatable bonds is 6. The summed E-state index contributed by atoms with van der Waals surface area (Å²) in [6.07, 6.45) is 3.76. The Balaban J connectivity index is 1.47. The van der Waals surface area contributed by atoms with Crippen molar-refractivity contribution < 1.29 is 4.74 Å². The Kier molecular flexibility index (Phi) is 5.24. The molecule has 1 saturated heterocycles. The number of ether oxygens (including phenoxy) is 1. The van der Waals surface area contributed by atoms with E-state index < -0.39 is 0 Å². The molecule has 0 radical (unpaired) electrons. The Morgan fingerprint density at radius 2 is 1.77 bits per heavy atom. The zero-order valence-corrected chi connectivity index (χ0v) is 13.3. The van der Waals surface area contributed by atoms with Crippen LogP contribution in [0.1, 0.15) is 19.3 Å². The molecule has 0 bridgehead atoms. The minimum Gasteiger partial charge on any atom is -0.494 e. The van der Waals surface area contributed by atoms with Crippen LogP contribution in [0.4, 0.5) is 0 Å². The first-order valence-corrected chi connectivity index (χ1v) is 8.14. The second-order valence-corrected chi connectivity index (χ2v) is 5.90. The molecule has 1 aromatic carbocycles. The Labute approximate surface area is 136 Å². The molecule has 0 atom stereocenters. The standard InChI is InChI=1S/C17H20ClN3O/c18-17-9-8-16(19-20-17)14-4-6-15(7-5-14)22-13-3-12-21-10-1-2-11-21/h4-9H,1-3,10-13H2. The van der Waals surface area contributed by atoms with Crippen molar-refractivity contribution in [1.82, 2.24) is 15.1 Å². The van der Waals surface area contributed by atoms with Crippen molar-refractivity contribution in [3.63, 3.8) is 0 Å². The second-order valence-electron chi connectivity index (χ2n) is 5.52. The van der Waals surface area contributed by atoms with E-state index in [1.807, 2.05) is 30.3 Å². The monoisotopic (exact) mass is 317 g/mol. The van der Waals surface area contributed by atoms with Crippen molar-refractivity contribution in [2.45, 2.75) is 19.3 Å². The van der Waals surface area contributed by atoms with Crippen LogP contribution in [0.3, 0.4) is 0 Å². The van der Waals surface area contributed by atoms with Gasteiger partial charge in [0, 0.05) is 12.1 Å². The normalized spacial score (nSPS) is 15.1. The first-order valence-electron chi connectivity index (χ1n) is 7.76. The molecule has 2 heterocycles. The molecule has 1 aromatic heterocycles. The summed E-state index contributed by atoms with van der Waals surface area (Å²) in [5.74, 6) is 0.895. The summed E-state index contributed by atoms with van der Waals surface area (Å²) in [6, 6.07) is 11.5. The molecule has 22 heavy (non-hydrogen) atoms. The van der Waals surface area contributed by atoms with Crippen molar-refractivity contribution >= 4 is 11.6 Å². The number of nitrogens with zero attached hydrogens (tertiary/aromatic N) is 3. The zero-order valence-electron chi connectivity index (χ0n) is 12.5. The van der Waals surface area contributed by atoms with Gasteiger partial charge in [0.15, 0.2) is 5.15 Å². The van der Waals surface area contributed by atoms with Crippen LogP contribution < -0.4 is 4.74 Å². The van der Waals surface area contributed by atoms with Crippen molar-refractivity contribution in [3.05, 3.63) is 41.6 Å². The summed E-state index contributed by atoms with van der Waals surface area (Å²) in [7, 11) is 0. The largest absolute Gasteiger partial charge is 0.494 e. The zero-order chi connectivity index (χ0) is 15.2. The van der Waals surface area contributed by atoms with Gasteiger partial charge in [-0.2, -0.15) is 0 Å². The van der Waals surface area contributed by atoms with Crippen LogP contribution in [0.15, 0.2) is 36.4 Å². The maximum absolute atomic E-state index is 5.79. The highest BCUT2D eigenvalue weighted by atomic mass is 35.5. The van der Waals surface area contributed by atoms with E-state index in [0.29, 0.717) is 5.15 Å². The van der Waals surface area contributed by atoms with Gasteiger partial charge >= 0.3 is 0 Å². The third kappa shape index (κ3) is 4.18. The molecule has 0 unspecified atom stereocenters. The topological polar surface area (TPSA) is 38.2 Å². The van der Waals surface area contributed by atoms with Gasteiger partial charge in [-0.05, 0) is 68.8 Å². The summed E-state index contributed by atoms with van der Waals surface area (Å²) in [5.41, 5.74) is 1.82. The molecule has 4 nitrogen and oxygen atoms in total. The lowest BCUT2D eigenvalue weighted by atomic mass is 10.1. The number of halogens is 1. The molecule has 3 rings (SSSR count). The van der Waals surface area contributed by atoms with Gasteiger partial charge in [-0.15, -0.1) is 10.2 Å². The maximum Gasteiger partial charge on any atom is 0.151 e. The fraction of sp³-hybridized carbons (Fsp3) is 0.412. The van der Waals surface area contributed by atoms with E-state index in [0.717, 1.165) is 36.6 Å². The van der Waals surface area contributed by atoms with Gasteiger partial charge in [-0.3, -0.25) is 0 Å². The quantitative estimate of drug-likeness (QED) is 0.762. The first-order chi connectivity index (χ1) is 10.8. The van der Waals surface area contributed by atoms with E-state index in [9.17, 15) is 0 Å². The molecule has 0 aliphatic carbocycles. The van der Waals surface area contributed by atoms with E-state index in [2.05, 4.69) is 15.1 Å². The van der Waals surface area contributed by atoms with E-state index in [1.54, 1.807) is 6.07 Å². The third-order valence-electron chi connectivity index (χ3n) is 3.87. The van der Waals surface area contributed by atoms with E-state index >= 15 is 0 Å². The van der Waals surface area contributed by atoms with Crippen LogP contribution in [0.25, 0.3) is 11.3 Å². The van der Waals surface area contributed by atoms with Crippen molar-refractivity contribution in [2.24, 2.45) is 0 Å². The van der Waals surface area contributed by atoms with E-state index in [4.69, 9.17) is 16.3 Å². The number of likely N-dealkylation sites (tertiary alicyclic amines) is 1. The van der Waals surface area contributed by atoms with Crippen LogP contribution in [-0.4, -0.2) is 41.3 Å². The summed E-state index contributed by atoms with van der Waals surface area (Å²) >= 11 is 5.75. The summed E-state index contributed by atoms with van der Waals surface area (Å²) < 4.78 is 5.79. The lowest BCUT2D eigenvalue weighted by Crippen LogP contribution is -2.21. The smallest absolute Gasteiger partial charge is 0.151 e. The number of hydrogen-bond acceptors (Lipinski definition) is 4. The Morgan fingerprint density at radius 1 is 1.00 bits per heavy atom. The van der Waals surface area contributed by atoms with Gasteiger partial charge in [0.2, 0.25) is 0 Å². The molecule has 1 aliphatic rings. The SMILES string of the molecule is Clc1ccc(-c2ccc(OCCCN3CCCC3)cc2)nn1. The fourth-order valence-corrected chi connectivity index (χ4v) is 2.78. The highest BCUT2D eigenvalue weighted by Crippen LogP contribution is 2.21. The first kappa shape index (κ1) is 15.3. The van der Waals surface area contributed by atoms with Crippen molar-refractivity contribution in [3.8, 4) is 17.0 Å². The van der Waals surface area contributed by atoms with Crippen LogP contribution in [0, 0.1) is 0 Å². The second kappa shape index (κ2) is 7.56. The fourth-order valence-electron chi connectivity index (χ4n) is 2.68. The third-order valence-corrected chi connectivity index (χ3v) is 4.07. The van der Waals surface area contributed by atoms with Gasteiger partial charge in [-0.1, -0.05) is 11.6 Å². The molecule has 1 aliphatic heterocycles. The number of hydrogen-bond donors (Lipinski definition) is 0. The lowest BCUT2D eigenvalue weighted by Gasteiger charge is -2.14. The molecule has 0 saturated carbocycles. The molecular weight excluding hydrogens is 298 g/mol. The Hall–Kier alpha value is -1.65. The van der Waals surface area contributed by atoms with Gasteiger partial charge < -0.3 is 9.64 Å². The van der Waals surface area contributed by atoms with Gasteiger partial charge in [0.05, 0.1) is 12.3 Å². The maximum atomic E-state index is 5.79. The molecular formula is C17H20ClN3O. The van der Waals surface area contributed by atoms with Crippen LogP contribution in [0.2, 0.25) is 5.15 Å². The molecule has 5 heteroatoms. The van der Waals surface area contributed by atoms with Crippen LogP contribution >= 0.6 is 11.6 Å². The summed E-state index contributed by atoms with van der Waals surface area (Å²) in [6.45, 7) is 4.39. The predicted octanol–water partition coefficient (Wildman–Crippen LogP) is 3.66. The minimum atomic E-state index is 0.404. The van der Waals surface area contributed by atoms with Gasteiger partial charge in [0.25, 0.3) is 0 Å². The molecule has 2 aromatic rings. The van der Waals surface area contributed by atoms with E-state index in [-0.39, 0.29) is 0 Å². The average molecular weight is 318 g/mol. The van der Waals surface area contributed by atoms with Crippen molar-refractivity contribution in [2.75, 3.05) is 26.2 Å². The molecule has 116 valence electrons. The lowest BCUT2D eigenvalue weighted by molar-refractivity contribution is 0.263. The summed E-state index contributed by atoms with van der Waals surface area (Å²) in [5, 5.41) is 8.33. The van der Waals surface area contributed by atoms with Crippen molar-refractivity contribution in [1.29, 1.82) is 0 Å². The van der Waals surface area contributed by atoms with Crippen LogP contribution in [-0.2, 0) is 0 Å². The molecule has 0 N–H and O–H groups in total. The highest BCUT2D eigenvalue weighted by molar-refractivity contribution is 6.29. The van der Waals surface area contributed by atoms with Gasteiger partial charge in [-0.25, -0.2) is 0 Å². The van der Waals surface area contributed by atoms with Crippen LogP contribution in [0.5, 0.6) is 5.75 Å². The summed E-state index contributed by atoms with van der Waals surface area (Å²) in [4.78, 5) is 2.51. The average Bonchev–Trinajstić information content (AvgIpc) is 3.06. The number of aromatic nitrogens is 2. The molecule has 0 spiro atoms. The Morgan fingerprint density at radius 3 is 2.45 bits per heavy atom. The molecule has 1 fully saturated rings. The highest BCUT2D eigenvalue weighted by Gasteiger charge is 2.10. The predicted molar refractivity (Wildman–Crippen MR) is 88.3 cm³/mol. The Bertz CT molecular complexity index is 580. The van der Waals surface area contributed by atoms with E-state index in [1.165, 1.54) is 25.9 Å². The number of benzene rings is 1.